The largest absolute Gasteiger partial charge is 0.478 e. The summed E-state index contributed by atoms with van der Waals surface area (Å²) in [7, 11) is 0. The van der Waals surface area contributed by atoms with Gasteiger partial charge in [0.25, 0.3) is 0 Å². The predicted molar refractivity (Wildman–Crippen MR) is 76.0 cm³/mol. The molecule has 0 aromatic carbocycles. The molecule has 1 N–H and O–H groups in total. The highest BCUT2D eigenvalue weighted by atomic mass is 35.5. The molecule has 2 atom stereocenters. The number of carboxylic acid groups (broad SMARTS) is 1. The van der Waals surface area contributed by atoms with Gasteiger partial charge in [0.1, 0.15) is 6.61 Å². The third-order valence-electron chi connectivity index (χ3n) is 2.80. The van der Waals surface area contributed by atoms with E-state index in [1.54, 1.807) is 0 Å². The fraction of sp³-hybridized carbons (Fsp3) is 0.692. The van der Waals surface area contributed by atoms with E-state index in [1.807, 2.05) is 13.8 Å². The quantitative estimate of drug-likeness (QED) is 0.605. The minimum atomic E-state index is -1.15. The van der Waals surface area contributed by atoms with E-state index in [4.69, 9.17) is 14.6 Å². The number of esters is 1. The van der Waals surface area contributed by atoms with Crippen molar-refractivity contribution in [2.45, 2.75) is 33.0 Å². The molecule has 1 aliphatic rings. The Hall–Kier alpha value is -1.11. The van der Waals surface area contributed by atoms with E-state index in [-0.39, 0.29) is 36.8 Å². The molecule has 0 bridgehead atoms. The van der Waals surface area contributed by atoms with E-state index in [2.05, 4.69) is 4.90 Å². The molecule has 1 fully saturated rings. The number of carbonyl (C=O) groups is 2. The molecule has 7 heteroatoms. The number of morpholine rings is 1. The van der Waals surface area contributed by atoms with Crippen molar-refractivity contribution in [3.63, 3.8) is 0 Å². The van der Waals surface area contributed by atoms with Crippen LogP contribution in [0.3, 0.4) is 0 Å². The highest BCUT2D eigenvalue weighted by molar-refractivity contribution is 5.95. The van der Waals surface area contributed by atoms with Gasteiger partial charge in [-0.15, -0.1) is 12.4 Å². The molecule has 0 spiro atoms. The van der Waals surface area contributed by atoms with E-state index < -0.39 is 11.9 Å². The summed E-state index contributed by atoms with van der Waals surface area (Å²) < 4.78 is 10.6. The summed E-state index contributed by atoms with van der Waals surface area (Å²) in [6.45, 7) is 7.95. The normalized spacial score (nSPS) is 23.9. The summed E-state index contributed by atoms with van der Waals surface area (Å²) >= 11 is 0. The zero-order valence-corrected chi connectivity index (χ0v) is 12.8. The van der Waals surface area contributed by atoms with E-state index >= 15 is 0 Å². The van der Waals surface area contributed by atoms with Gasteiger partial charge in [-0.2, -0.15) is 0 Å². The Morgan fingerprint density at radius 3 is 2.40 bits per heavy atom. The van der Waals surface area contributed by atoms with Gasteiger partial charge in [-0.1, -0.05) is 0 Å². The molecule has 0 saturated carbocycles. The van der Waals surface area contributed by atoms with Crippen LogP contribution in [-0.4, -0.2) is 60.4 Å². The predicted octanol–water partition coefficient (Wildman–Crippen LogP) is 1.09. The van der Waals surface area contributed by atoms with Crippen LogP contribution >= 0.6 is 12.4 Å². The Kier molecular flexibility index (Phi) is 8.45. The van der Waals surface area contributed by atoms with E-state index in [9.17, 15) is 9.59 Å². The SMILES string of the molecule is C/C(=C\C(=O)O)C(=O)OCCN1CC(C)OC(C)C1.Cl. The third-order valence-corrected chi connectivity index (χ3v) is 2.80. The lowest BCUT2D eigenvalue weighted by molar-refractivity contribution is -0.141. The van der Waals surface area contributed by atoms with Crippen molar-refractivity contribution in [2.24, 2.45) is 0 Å². The Morgan fingerprint density at radius 1 is 1.35 bits per heavy atom. The van der Waals surface area contributed by atoms with Crippen LogP contribution < -0.4 is 0 Å². The second-order valence-electron chi connectivity index (χ2n) is 4.82. The number of hydrogen-bond donors (Lipinski definition) is 1. The van der Waals surface area contributed by atoms with Crippen LogP contribution in [-0.2, 0) is 19.1 Å². The zero-order chi connectivity index (χ0) is 14.4. The fourth-order valence-corrected chi connectivity index (χ4v) is 2.09. The Balaban J connectivity index is 0.00000361. The van der Waals surface area contributed by atoms with Crippen LogP contribution in [0.2, 0.25) is 0 Å². The van der Waals surface area contributed by atoms with Crippen LogP contribution in [0.5, 0.6) is 0 Å². The topological polar surface area (TPSA) is 76.1 Å². The van der Waals surface area contributed by atoms with Crippen molar-refractivity contribution in [2.75, 3.05) is 26.2 Å². The number of rotatable bonds is 5. The first-order valence-corrected chi connectivity index (χ1v) is 6.34. The number of nitrogens with zero attached hydrogens (tertiary/aromatic N) is 1. The molecule has 1 rings (SSSR count). The highest BCUT2D eigenvalue weighted by Gasteiger charge is 2.22. The molecular weight excluding hydrogens is 286 g/mol. The number of hydrogen-bond acceptors (Lipinski definition) is 5. The monoisotopic (exact) mass is 307 g/mol. The summed E-state index contributed by atoms with van der Waals surface area (Å²) in [6, 6.07) is 0. The smallest absolute Gasteiger partial charge is 0.334 e. The van der Waals surface area contributed by atoms with Crippen molar-refractivity contribution in [1.29, 1.82) is 0 Å². The molecule has 1 aliphatic heterocycles. The van der Waals surface area contributed by atoms with Gasteiger partial charge in [-0.05, 0) is 20.8 Å². The number of carbonyl (C=O) groups excluding carboxylic acids is 1. The van der Waals surface area contributed by atoms with Gasteiger partial charge in [0.2, 0.25) is 0 Å². The maximum atomic E-state index is 11.5. The van der Waals surface area contributed by atoms with Crippen molar-refractivity contribution in [1.82, 2.24) is 4.90 Å². The van der Waals surface area contributed by atoms with Crippen molar-refractivity contribution in [3.8, 4) is 0 Å². The summed E-state index contributed by atoms with van der Waals surface area (Å²) in [5.41, 5.74) is 0.0937. The summed E-state index contributed by atoms with van der Waals surface area (Å²) in [5.74, 6) is -1.73. The van der Waals surface area contributed by atoms with Crippen molar-refractivity contribution in [3.05, 3.63) is 11.6 Å². The molecule has 1 heterocycles. The Morgan fingerprint density at radius 2 is 1.90 bits per heavy atom. The minimum Gasteiger partial charge on any atom is -0.478 e. The molecule has 0 aromatic rings. The first-order chi connectivity index (χ1) is 8.88. The Bertz CT molecular complexity index is 362. The second kappa shape index (κ2) is 8.94. The molecule has 116 valence electrons. The molecular formula is C13H22ClNO5. The number of carboxylic acids is 1. The van der Waals surface area contributed by atoms with Gasteiger partial charge in [0.05, 0.1) is 12.2 Å². The summed E-state index contributed by atoms with van der Waals surface area (Å²) in [6.07, 6.45) is 1.20. The van der Waals surface area contributed by atoms with Crippen LogP contribution in [0, 0.1) is 0 Å². The first kappa shape index (κ1) is 18.9. The van der Waals surface area contributed by atoms with Gasteiger partial charge < -0.3 is 14.6 Å². The van der Waals surface area contributed by atoms with E-state index in [0.29, 0.717) is 6.54 Å². The third kappa shape index (κ3) is 6.88. The summed E-state index contributed by atoms with van der Waals surface area (Å²) in [4.78, 5) is 24.0. The van der Waals surface area contributed by atoms with Crippen LogP contribution in [0.15, 0.2) is 11.6 Å². The van der Waals surface area contributed by atoms with Crippen LogP contribution in [0.25, 0.3) is 0 Å². The lowest BCUT2D eigenvalue weighted by Gasteiger charge is -2.35. The van der Waals surface area contributed by atoms with Crippen molar-refractivity contribution < 1.29 is 24.2 Å². The molecule has 1 saturated heterocycles. The van der Waals surface area contributed by atoms with Gasteiger partial charge in [-0.3, -0.25) is 4.90 Å². The molecule has 6 nitrogen and oxygen atoms in total. The number of halogens is 1. The first-order valence-electron chi connectivity index (χ1n) is 6.34. The number of aliphatic carboxylic acids is 1. The molecule has 0 aromatic heterocycles. The van der Waals surface area contributed by atoms with Gasteiger partial charge in [0, 0.05) is 31.3 Å². The summed E-state index contributed by atoms with van der Waals surface area (Å²) in [5, 5.41) is 8.51. The zero-order valence-electron chi connectivity index (χ0n) is 12.0. The Labute approximate surface area is 125 Å². The van der Waals surface area contributed by atoms with Gasteiger partial charge in [0.15, 0.2) is 0 Å². The molecule has 0 radical (unpaired) electrons. The van der Waals surface area contributed by atoms with E-state index in [1.165, 1.54) is 6.92 Å². The molecule has 20 heavy (non-hydrogen) atoms. The molecule has 2 unspecified atom stereocenters. The highest BCUT2D eigenvalue weighted by Crippen LogP contribution is 2.10. The maximum absolute atomic E-state index is 11.5. The van der Waals surface area contributed by atoms with Gasteiger partial charge >= 0.3 is 11.9 Å². The lowest BCUT2D eigenvalue weighted by atomic mass is 10.2. The van der Waals surface area contributed by atoms with Crippen LogP contribution in [0.4, 0.5) is 0 Å². The lowest BCUT2D eigenvalue weighted by Crippen LogP contribution is -2.46. The maximum Gasteiger partial charge on any atom is 0.334 e. The van der Waals surface area contributed by atoms with Crippen molar-refractivity contribution >= 4 is 24.3 Å². The minimum absolute atomic E-state index is 0. The average molecular weight is 308 g/mol. The van der Waals surface area contributed by atoms with Gasteiger partial charge in [-0.25, -0.2) is 9.59 Å². The number of ether oxygens (including phenoxy) is 2. The second-order valence-corrected chi connectivity index (χ2v) is 4.82. The van der Waals surface area contributed by atoms with Crippen LogP contribution in [0.1, 0.15) is 20.8 Å². The molecule has 0 amide bonds. The average Bonchev–Trinajstić information content (AvgIpc) is 2.26. The standard InChI is InChI=1S/C13H21NO5.ClH/c1-9(6-12(15)16)13(17)18-5-4-14-7-10(2)19-11(3)8-14;/h6,10-11H,4-5,7-8H2,1-3H3,(H,15,16);1H/b9-6+;. The molecule has 0 aliphatic carbocycles. The fourth-order valence-electron chi connectivity index (χ4n) is 2.09. The van der Waals surface area contributed by atoms with E-state index in [0.717, 1.165) is 19.2 Å².